The molecule has 7 nitrogen and oxygen atoms in total. The molecule has 1 unspecified atom stereocenters. The first-order valence-corrected chi connectivity index (χ1v) is 11.2. The molecule has 0 aliphatic carbocycles. The number of carbonyl (C=O) groups is 2. The van der Waals surface area contributed by atoms with Crippen LogP contribution in [0.25, 0.3) is 0 Å². The standard InChI is InChI=1S/C23H35N3O4/c24-22(27)17-29-18-23(28)26-13-4-3-12-25-11-2-1-7-20(25)10-9-19-6-5-8-21(16-19)30-15-14-26/h5-6,8,16,20H,1-4,7,9-15,17-18H2,(H2,24,27). The number of hydrogen-bond acceptors (Lipinski definition) is 5. The zero-order chi connectivity index (χ0) is 21.2. The molecule has 2 N–H and O–H groups in total. The molecule has 0 radical (unpaired) electrons. The fourth-order valence-electron chi connectivity index (χ4n) is 4.39. The van der Waals surface area contributed by atoms with E-state index < -0.39 is 5.91 Å². The summed E-state index contributed by atoms with van der Waals surface area (Å²) < 4.78 is 11.1. The molecule has 2 aliphatic rings. The van der Waals surface area contributed by atoms with E-state index >= 15 is 0 Å². The number of rotatable bonds is 4. The molecule has 0 aromatic heterocycles. The number of carbonyl (C=O) groups excluding carboxylic acids is 2. The predicted octanol–water partition coefficient (Wildman–Crippen LogP) is 1.98. The molecule has 1 aromatic carbocycles. The molecule has 0 spiro atoms. The van der Waals surface area contributed by atoms with E-state index in [-0.39, 0.29) is 19.1 Å². The van der Waals surface area contributed by atoms with Crippen LogP contribution < -0.4 is 10.5 Å². The van der Waals surface area contributed by atoms with Gasteiger partial charge in [-0.2, -0.15) is 0 Å². The van der Waals surface area contributed by atoms with Crippen LogP contribution in [0.2, 0.25) is 0 Å². The molecular formula is C23H35N3O4. The van der Waals surface area contributed by atoms with Crippen LogP contribution in [-0.4, -0.2) is 73.7 Å². The second kappa shape index (κ2) is 11.9. The molecule has 1 fully saturated rings. The van der Waals surface area contributed by atoms with E-state index in [0.717, 1.165) is 31.6 Å². The molecule has 0 saturated carbocycles. The molecular weight excluding hydrogens is 382 g/mol. The van der Waals surface area contributed by atoms with Crippen molar-refractivity contribution in [2.45, 2.75) is 51.0 Å². The van der Waals surface area contributed by atoms with E-state index in [1.54, 1.807) is 4.90 Å². The minimum atomic E-state index is -0.570. The Hall–Kier alpha value is -2.12. The summed E-state index contributed by atoms with van der Waals surface area (Å²) in [6.45, 7) is 3.49. The largest absolute Gasteiger partial charge is 0.492 e. The number of primary amides is 1. The van der Waals surface area contributed by atoms with Gasteiger partial charge in [0.2, 0.25) is 11.8 Å². The first kappa shape index (κ1) is 22.6. The van der Waals surface area contributed by atoms with E-state index in [9.17, 15) is 9.59 Å². The zero-order valence-electron chi connectivity index (χ0n) is 17.9. The number of ether oxygens (including phenoxy) is 2. The highest BCUT2D eigenvalue weighted by molar-refractivity contribution is 5.78. The van der Waals surface area contributed by atoms with Gasteiger partial charge in [-0.05, 0) is 69.3 Å². The minimum Gasteiger partial charge on any atom is -0.492 e. The lowest BCUT2D eigenvalue weighted by Crippen LogP contribution is -2.41. The van der Waals surface area contributed by atoms with Gasteiger partial charge in [0.1, 0.15) is 25.6 Å². The van der Waals surface area contributed by atoms with Crippen LogP contribution in [0.1, 0.15) is 44.1 Å². The van der Waals surface area contributed by atoms with Crippen molar-refractivity contribution >= 4 is 11.8 Å². The first-order chi connectivity index (χ1) is 14.6. The van der Waals surface area contributed by atoms with Gasteiger partial charge in [-0.1, -0.05) is 18.6 Å². The van der Waals surface area contributed by atoms with E-state index in [0.29, 0.717) is 25.7 Å². The van der Waals surface area contributed by atoms with E-state index in [1.807, 2.05) is 12.1 Å². The molecule has 2 aliphatic heterocycles. The number of fused-ring (bicyclic) bond motifs is 3. The number of hydrogen-bond donors (Lipinski definition) is 1. The number of benzene rings is 1. The smallest absolute Gasteiger partial charge is 0.248 e. The van der Waals surface area contributed by atoms with Crippen molar-refractivity contribution in [3.63, 3.8) is 0 Å². The van der Waals surface area contributed by atoms with Crippen molar-refractivity contribution < 1.29 is 19.1 Å². The second-order valence-corrected chi connectivity index (χ2v) is 8.27. The molecule has 1 saturated heterocycles. The van der Waals surface area contributed by atoms with Crippen LogP contribution in [0.4, 0.5) is 0 Å². The Morgan fingerprint density at radius 2 is 1.83 bits per heavy atom. The maximum absolute atomic E-state index is 12.6. The van der Waals surface area contributed by atoms with E-state index in [1.165, 1.54) is 37.8 Å². The Bertz CT molecular complexity index is 697. The van der Waals surface area contributed by atoms with Gasteiger partial charge in [-0.25, -0.2) is 0 Å². The van der Waals surface area contributed by atoms with Gasteiger partial charge in [0.15, 0.2) is 0 Å². The van der Waals surface area contributed by atoms with Gasteiger partial charge < -0.3 is 25.0 Å². The van der Waals surface area contributed by atoms with Crippen molar-refractivity contribution in [1.82, 2.24) is 9.80 Å². The Balaban J connectivity index is 1.64. The van der Waals surface area contributed by atoms with Crippen LogP contribution >= 0.6 is 0 Å². The molecule has 1 atom stereocenters. The van der Waals surface area contributed by atoms with Crippen LogP contribution in [0.3, 0.4) is 0 Å². The molecule has 30 heavy (non-hydrogen) atoms. The van der Waals surface area contributed by atoms with Crippen LogP contribution in [-0.2, 0) is 20.7 Å². The lowest BCUT2D eigenvalue weighted by atomic mass is 9.95. The Labute approximate surface area is 179 Å². The van der Waals surface area contributed by atoms with Crippen molar-refractivity contribution in [3.8, 4) is 5.75 Å². The van der Waals surface area contributed by atoms with Crippen LogP contribution in [0, 0.1) is 0 Å². The second-order valence-electron chi connectivity index (χ2n) is 8.27. The van der Waals surface area contributed by atoms with Gasteiger partial charge >= 0.3 is 0 Å². The summed E-state index contributed by atoms with van der Waals surface area (Å²) in [5.41, 5.74) is 6.39. The predicted molar refractivity (Wildman–Crippen MR) is 115 cm³/mol. The number of piperidine rings is 1. The third kappa shape index (κ3) is 7.29. The summed E-state index contributed by atoms with van der Waals surface area (Å²) in [7, 11) is 0. The van der Waals surface area contributed by atoms with E-state index in [2.05, 4.69) is 17.0 Å². The van der Waals surface area contributed by atoms with Crippen LogP contribution in [0.15, 0.2) is 24.3 Å². The molecule has 2 bridgehead atoms. The fraction of sp³-hybridized carbons (Fsp3) is 0.652. The van der Waals surface area contributed by atoms with Gasteiger partial charge in [0.25, 0.3) is 0 Å². The SMILES string of the molecule is NC(=O)COCC(=O)N1CCCCN2CCCCC2CCc2cccc(c2)OCC1. The Kier molecular flexibility index (Phi) is 8.96. The maximum Gasteiger partial charge on any atom is 0.248 e. The summed E-state index contributed by atoms with van der Waals surface area (Å²) in [5, 5.41) is 0. The molecule has 2 heterocycles. The summed E-state index contributed by atoms with van der Waals surface area (Å²) >= 11 is 0. The van der Waals surface area contributed by atoms with Gasteiger partial charge in [-0.3, -0.25) is 9.59 Å². The lowest BCUT2D eigenvalue weighted by molar-refractivity contribution is -0.138. The maximum atomic E-state index is 12.6. The Morgan fingerprint density at radius 3 is 2.67 bits per heavy atom. The normalized spacial score (nSPS) is 21.6. The van der Waals surface area contributed by atoms with Crippen molar-refractivity contribution in [2.24, 2.45) is 5.73 Å². The average Bonchev–Trinajstić information content (AvgIpc) is 2.74. The molecule has 166 valence electrons. The van der Waals surface area contributed by atoms with Crippen LogP contribution in [0.5, 0.6) is 5.75 Å². The lowest BCUT2D eigenvalue weighted by Gasteiger charge is -2.36. The van der Waals surface area contributed by atoms with Gasteiger partial charge in [0.05, 0.1) is 6.54 Å². The number of aryl methyl sites for hydroxylation is 1. The third-order valence-corrected chi connectivity index (χ3v) is 5.99. The number of nitrogens with two attached hydrogens (primary N) is 1. The molecule has 1 aromatic rings. The van der Waals surface area contributed by atoms with Crippen molar-refractivity contribution in [2.75, 3.05) is 46.0 Å². The third-order valence-electron chi connectivity index (χ3n) is 5.99. The summed E-state index contributed by atoms with van der Waals surface area (Å²) in [5.74, 6) is 0.146. The van der Waals surface area contributed by atoms with Gasteiger partial charge in [0, 0.05) is 12.6 Å². The van der Waals surface area contributed by atoms with Crippen molar-refractivity contribution in [3.05, 3.63) is 29.8 Å². The monoisotopic (exact) mass is 417 g/mol. The highest BCUT2D eigenvalue weighted by Gasteiger charge is 2.22. The summed E-state index contributed by atoms with van der Waals surface area (Å²) in [4.78, 5) is 27.8. The summed E-state index contributed by atoms with van der Waals surface area (Å²) in [6.07, 6.45) is 8.14. The molecule has 3 rings (SSSR count). The topological polar surface area (TPSA) is 85.1 Å². The minimum absolute atomic E-state index is 0.131. The number of amides is 2. The zero-order valence-corrected chi connectivity index (χ0v) is 17.9. The Morgan fingerprint density at radius 1 is 1.03 bits per heavy atom. The average molecular weight is 418 g/mol. The highest BCUT2D eigenvalue weighted by Crippen LogP contribution is 2.23. The van der Waals surface area contributed by atoms with E-state index in [4.69, 9.17) is 15.2 Å². The fourth-order valence-corrected chi connectivity index (χ4v) is 4.39. The summed E-state index contributed by atoms with van der Waals surface area (Å²) in [6, 6.07) is 8.95. The number of nitrogens with zero attached hydrogens (tertiary/aromatic N) is 2. The molecule has 2 amide bonds. The molecule has 7 heteroatoms. The van der Waals surface area contributed by atoms with Crippen molar-refractivity contribution in [1.29, 1.82) is 0 Å². The van der Waals surface area contributed by atoms with Gasteiger partial charge in [-0.15, -0.1) is 0 Å². The quantitative estimate of drug-likeness (QED) is 0.810. The highest BCUT2D eigenvalue weighted by atomic mass is 16.5. The first-order valence-electron chi connectivity index (χ1n) is 11.2.